The average molecular weight is 383 g/mol. The Kier molecular flexibility index (Phi) is 7.21. The number of carbonyl (C=O) groups is 2. The molecule has 0 aliphatic rings. The molecule has 0 unspecified atom stereocenters. The molecule has 0 spiro atoms. The molecule has 2 aromatic carbocycles. The van der Waals surface area contributed by atoms with E-state index in [2.05, 4.69) is 24.5 Å². The number of methoxy groups -OCH3 is 1. The number of hydrogen-bond donors (Lipinski definition) is 2. The number of para-hydroxylation sites is 1. The number of rotatable bonds is 7. The lowest BCUT2D eigenvalue weighted by molar-refractivity contribution is 0.0950. The predicted molar refractivity (Wildman–Crippen MR) is 113 cm³/mol. The monoisotopic (exact) mass is 382 g/mol. The van der Waals surface area contributed by atoms with E-state index < -0.39 is 0 Å². The van der Waals surface area contributed by atoms with Gasteiger partial charge in [-0.15, -0.1) is 0 Å². The Morgan fingerprint density at radius 3 is 2.29 bits per heavy atom. The minimum Gasteiger partial charge on any atom is -0.496 e. The first-order valence-electron chi connectivity index (χ1n) is 9.61. The lowest BCUT2D eigenvalue weighted by Crippen LogP contribution is -2.28. The summed E-state index contributed by atoms with van der Waals surface area (Å²) in [6, 6.07) is 10.8. The normalized spacial score (nSPS) is 10.9. The fraction of sp³-hybridized carbons (Fsp3) is 0.391. The molecule has 2 aromatic rings. The molecule has 2 N–H and O–H groups in total. The topological polar surface area (TPSA) is 67.4 Å². The molecule has 2 rings (SSSR count). The number of ether oxygens (including phenoxy) is 1. The van der Waals surface area contributed by atoms with Gasteiger partial charge < -0.3 is 15.4 Å². The van der Waals surface area contributed by atoms with Crippen molar-refractivity contribution in [3.05, 3.63) is 58.7 Å². The first kappa shape index (κ1) is 21.5. The second kappa shape index (κ2) is 9.40. The number of benzene rings is 2. The largest absolute Gasteiger partial charge is 0.496 e. The van der Waals surface area contributed by atoms with Crippen LogP contribution in [0.1, 0.15) is 65.5 Å². The van der Waals surface area contributed by atoms with Gasteiger partial charge >= 0.3 is 0 Å². The van der Waals surface area contributed by atoms with Gasteiger partial charge in [0.05, 0.1) is 18.4 Å². The highest BCUT2D eigenvalue weighted by molar-refractivity contribution is 6.09. The number of hydrogen-bond acceptors (Lipinski definition) is 3. The highest BCUT2D eigenvalue weighted by Gasteiger charge is 2.18. The van der Waals surface area contributed by atoms with E-state index in [9.17, 15) is 9.59 Å². The maximum atomic E-state index is 13.0. The summed E-state index contributed by atoms with van der Waals surface area (Å²) in [5.74, 6) is 0.904. The Morgan fingerprint density at radius 1 is 1.00 bits per heavy atom. The highest BCUT2D eigenvalue weighted by Crippen LogP contribution is 2.30. The Balaban J connectivity index is 2.31. The zero-order valence-electron chi connectivity index (χ0n) is 17.6. The lowest BCUT2D eigenvalue weighted by Gasteiger charge is -2.17. The van der Waals surface area contributed by atoms with Gasteiger partial charge in [-0.3, -0.25) is 9.59 Å². The molecule has 0 atom stereocenters. The average Bonchev–Trinajstić information content (AvgIpc) is 2.65. The van der Waals surface area contributed by atoms with Crippen molar-refractivity contribution < 1.29 is 14.3 Å². The van der Waals surface area contributed by atoms with Gasteiger partial charge in [0.15, 0.2) is 0 Å². The Hall–Kier alpha value is -2.82. The Labute approximate surface area is 167 Å². The third-order valence-electron chi connectivity index (χ3n) is 4.53. The van der Waals surface area contributed by atoms with Gasteiger partial charge in [0.25, 0.3) is 11.8 Å². The third-order valence-corrected chi connectivity index (χ3v) is 4.53. The summed E-state index contributed by atoms with van der Waals surface area (Å²) < 4.78 is 5.45. The van der Waals surface area contributed by atoms with Crippen molar-refractivity contribution in [1.82, 2.24) is 5.32 Å². The quantitative estimate of drug-likeness (QED) is 0.725. The molecule has 150 valence electrons. The van der Waals surface area contributed by atoms with Gasteiger partial charge in [-0.05, 0) is 54.2 Å². The van der Waals surface area contributed by atoms with Crippen molar-refractivity contribution in [3.63, 3.8) is 0 Å². The molecule has 5 nitrogen and oxygen atoms in total. The van der Waals surface area contributed by atoms with Crippen molar-refractivity contribution in [2.75, 3.05) is 19.0 Å². The number of aryl methyl sites for hydroxylation is 1. The van der Waals surface area contributed by atoms with Crippen LogP contribution >= 0.6 is 0 Å². The third kappa shape index (κ3) is 5.12. The van der Waals surface area contributed by atoms with Gasteiger partial charge in [-0.2, -0.15) is 0 Å². The fourth-order valence-corrected chi connectivity index (χ4v) is 2.94. The van der Waals surface area contributed by atoms with Gasteiger partial charge in [0.1, 0.15) is 5.75 Å². The molecule has 0 bridgehead atoms. The van der Waals surface area contributed by atoms with Crippen LogP contribution in [0.5, 0.6) is 5.75 Å². The molecule has 0 saturated heterocycles. The Bertz CT molecular complexity index is 857. The minimum atomic E-state index is -0.244. The van der Waals surface area contributed by atoms with Crippen molar-refractivity contribution in [3.8, 4) is 5.75 Å². The van der Waals surface area contributed by atoms with Crippen LogP contribution in [0.3, 0.4) is 0 Å². The minimum absolute atomic E-state index is 0.195. The maximum absolute atomic E-state index is 13.0. The summed E-state index contributed by atoms with van der Waals surface area (Å²) in [6.45, 7) is 10.6. The Morgan fingerprint density at radius 2 is 1.68 bits per heavy atom. The van der Waals surface area contributed by atoms with Crippen LogP contribution < -0.4 is 15.4 Å². The summed E-state index contributed by atoms with van der Waals surface area (Å²) in [7, 11) is 1.63. The van der Waals surface area contributed by atoms with Crippen molar-refractivity contribution in [2.24, 2.45) is 5.92 Å². The molecule has 5 heteroatoms. The molecule has 0 heterocycles. The molecule has 28 heavy (non-hydrogen) atoms. The maximum Gasteiger partial charge on any atom is 0.255 e. The van der Waals surface area contributed by atoms with E-state index in [0.717, 1.165) is 16.9 Å². The van der Waals surface area contributed by atoms with E-state index in [1.807, 2.05) is 32.9 Å². The fourth-order valence-electron chi connectivity index (χ4n) is 2.94. The molecular weight excluding hydrogens is 352 g/mol. The zero-order chi connectivity index (χ0) is 20.8. The first-order valence-corrected chi connectivity index (χ1v) is 9.61. The standard InChI is InChI=1S/C23H30N2O3/c1-14(2)13-24-22(26)17-9-7-8-10-20(17)25-23(27)19-12-18(15(3)4)21(28-6)11-16(19)5/h7-12,14-15H,13H2,1-6H3,(H,24,26)(H,25,27). The second-order valence-corrected chi connectivity index (χ2v) is 7.67. The summed E-state index contributed by atoms with van der Waals surface area (Å²) in [4.78, 5) is 25.5. The predicted octanol–water partition coefficient (Wildman–Crippen LogP) is 4.77. The van der Waals surface area contributed by atoms with E-state index >= 15 is 0 Å². The molecule has 0 saturated carbocycles. The van der Waals surface area contributed by atoms with E-state index in [0.29, 0.717) is 29.3 Å². The van der Waals surface area contributed by atoms with Gasteiger partial charge in [-0.1, -0.05) is 39.8 Å². The highest BCUT2D eigenvalue weighted by atomic mass is 16.5. The van der Waals surface area contributed by atoms with Crippen LogP contribution in [0.25, 0.3) is 0 Å². The molecule has 0 aliphatic carbocycles. The number of amides is 2. The molecule has 0 aromatic heterocycles. The van der Waals surface area contributed by atoms with Crippen molar-refractivity contribution >= 4 is 17.5 Å². The van der Waals surface area contributed by atoms with Crippen LogP contribution in [0.4, 0.5) is 5.69 Å². The number of carbonyl (C=O) groups excluding carboxylic acids is 2. The molecular formula is C23H30N2O3. The van der Waals surface area contributed by atoms with E-state index in [1.165, 1.54) is 0 Å². The molecule has 2 amide bonds. The van der Waals surface area contributed by atoms with Crippen LogP contribution in [-0.2, 0) is 0 Å². The van der Waals surface area contributed by atoms with Gasteiger partial charge in [0, 0.05) is 12.1 Å². The van der Waals surface area contributed by atoms with Crippen LogP contribution in [0.15, 0.2) is 36.4 Å². The SMILES string of the molecule is COc1cc(C)c(C(=O)Nc2ccccc2C(=O)NCC(C)C)cc1C(C)C. The molecule has 0 radical (unpaired) electrons. The second-order valence-electron chi connectivity index (χ2n) is 7.67. The van der Waals surface area contributed by atoms with E-state index in [-0.39, 0.29) is 17.7 Å². The lowest BCUT2D eigenvalue weighted by atomic mass is 9.96. The van der Waals surface area contributed by atoms with Gasteiger partial charge in [-0.25, -0.2) is 0 Å². The zero-order valence-corrected chi connectivity index (χ0v) is 17.6. The van der Waals surface area contributed by atoms with Crippen molar-refractivity contribution in [2.45, 2.75) is 40.5 Å². The van der Waals surface area contributed by atoms with Gasteiger partial charge in [0.2, 0.25) is 0 Å². The summed E-state index contributed by atoms with van der Waals surface area (Å²) in [5, 5.41) is 5.79. The van der Waals surface area contributed by atoms with Crippen LogP contribution in [0, 0.1) is 12.8 Å². The summed E-state index contributed by atoms with van der Waals surface area (Å²) >= 11 is 0. The van der Waals surface area contributed by atoms with Crippen LogP contribution in [0.2, 0.25) is 0 Å². The molecule has 0 fully saturated rings. The smallest absolute Gasteiger partial charge is 0.255 e. The van der Waals surface area contributed by atoms with E-state index in [1.54, 1.807) is 31.4 Å². The van der Waals surface area contributed by atoms with E-state index in [4.69, 9.17) is 4.74 Å². The first-order chi connectivity index (χ1) is 13.2. The number of nitrogens with one attached hydrogen (secondary N) is 2. The summed E-state index contributed by atoms with van der Waals surface area (Å²) in [5.41, 5.74) is 3.31. The molecule has 0 aliphatic heterocycles. The summed E-state index contributed by atoms with van der Waals surface area (Å²) in [6.07, 6.45) is 0. The number of anilines is 1. The van der Waals surface area contributed by atoms with Crippen molar-refractivity contribution in [1.29, 1.82) is 0 Å². The van der Waals surface area contributed by atoms with Crippen LogP contribution in [-0.4, -0.2) is 25.5 Å².